The van der Waals surface area contributed by atoms with Crippen LogP contribution in [0.5, 0.6) is 0 Å². The Bertz CT molecular complexity index is 961. The second-order valence-electron chi connectivity index (χ2n) is 5.44. The van der Waals surface area contributed by atoms with Crippen LogP contribution in [-0.4, -0.2) is 11.0 Å². The van der Waals surface area contributed by atoms with Crippen LogP contribution >= 0.6 is 22.9 Å². The molecule has 0 fully saturated rings. The molecule has 3 aromatic rings. The molecule has 0 atom stereocenters. The van der Waals surface area contributed by atoms with E-state index in [0.717, 1.165) is 33.3 Å². The van der Waals surface area contributed by atoms with E-state index < -0.39 is 17.7 Å². The number of hydrogen-bond donors (Lipinski definition) is 2. The molecule has 2 N–H and O–H groups in total. The Hall–Kier alpha value is -2.51. The van der Waals surface area contributed by atoms with Gasteiger partial charge < -0.3 is 10.6 Å². The summed E-state index contributed by atoms with van der Waals surface area (Å²) in [4.78, 5) is 17.3. The van der Waals surface area contributed by atoms with Gasteiger partial charge in [-0.1, -0.05) is 29.8 Å². The van der Waals surface area contributed by atoms with Crippen molar-refractivity contribution in [1.29, 1.82) is 0 Å². The van der Waals surface area contributed by atoms with Gasteiger partial charge in [0.1, 0.15) is 5.01 Å². The molecule has 8 heteroatoms. The Morgan fingerprint density at radius 3 is 2.69 bits per heavy atom. The van der Waals surface area contributed by atoms with Crippen molar-refractivity contribution in [1.82, 2.24) is 10.3 Å². The maximum Gasteiger partial charge on any atom is 0.319 e. The molecule has 4 nitrogen and oxygen atoms in total. The molecule has 0 saturated carbocycles. The minimum Gasteiger partial charge on any atom is -0.333 e. The zero-order valence-corrected chi connectivity index (χ0v) is 15.2. The smallest absolute Gasteiger partial charge is 0.319 e. The van der Waals surface area contributed by atoms with E-state index in [1.54, 1.807) is 6.07 Å². The Morgan fingerprint density at radius 2 is 1.96 bits per heavy atom. The lowest BCUT2D eigenvalue weighted by molar-refractivity contribution is 0.252. The van der Waals surface area contributed by atoms with Gasteiger partial charge in [-0.3, -0.25) is 0 Å². The van der Waals surface area contributed by atoms with Crippen molar-refractivity contribution < 1.29 is 13.6 Å². The van der Waals surface area contributed by atoms with E-state index in [9.17, 15) is 13.6 Å². The number of rotatable bonds is 4. The number of carbonyl (C=O) groups is 1. The quantitative estimate of drug-likeness (QED) is 0.626. The van der Waals surface area contributed by atoms with Gasteiger partial charge >= 0.3 is 6.03 Å². The third kappa shape index (κ3) is 4.17. The van der Waals surface area contributed by atoms with E-state index in [-0.39, 0.29) is 12.2 Å². The first-order valence-corrected chi connectivity index (χ1v) is 8.84. The van der Waals surface area contributed by atoms with Gasteiger partial charge in [0, 0.05) is 22.2 Å². The normalized spacial score (nSPS) is 10.6. The van der Waals surface area contributed by atoms with Crippen LogP contribution in [0.15, 0.2) is 42.5 Å². The molecule has 26 heavy (non-hydrogen) atoms. The Balaban J connectivity index is 1.65. The Labute approximate surface area is 157 Å². The van der Waals surface area contributed by atoms with E-state index in [0.29, 0.717) is 5.02 Å². The molecule has 0 unspecified atom stereocenters. The average Bonchev–Trinajstić information content (AvgIpc) is 2.97. The van der Waals surface area contributed by atoms with Crippen molar-refractivity contribution in [2.75, 3.05) is 5.32 Å². The van der Waals surface area contributed by atoms with Crippen molar-refractivity contribution >= 4 is 34.7 Å². The lowest BCUT2D eigenvalue weighted by Crippen LogP contribution is -2.28. The number of amides is 2. The second kappa shape index (κ2) is 7.80. The summed E-state index contributed by atoms with van der Waals surface area (Å²) in [6.45, 7) is 2.10. The zero-order valence-electron chi connectivity index (χ0n) is 13.6. The van der Waals surface area contributed by atoms with Crippen LogP contribution in [0, 0.1) is 18.6 Å². The fraction of sp³-hybridized carbons (Fsp3) is 0.111. The standard InChI is InChI=1S/C18H14ClF2N3OS/c1-10-16(26-17(23-10)12-4-2-3-5-13(12)19)9-22-18(25)24-11-6-7-14(20)15(21)8-11/h2-8H,9H2,1H3,(H2,22,24,25). The molecule has 3 rings (SSSR count). The molecule has 0 saturated heterocycles. The molecule has 0 bridgehead atoms. The number of aromatic nitrogens is 1. The van der Waals surface area contributed by atoms with Crippen LogP contribution in [-0.2, 0) is 6.54 Å². The minimum absolute atomic E-state index is 0.166. The fourth-order valence-corrected chi connectivity index (χ4v) is 3.57. The number of urea groups is 1. The summed E-state index contributed by atoms with van der Waals surface area (Å²) in [6.07, 6.45) is 0. The van der Waals surface area contributed by atoms with Gasteiger partial charge in [0.05, 0.1) is 17.3 Å². The molecule has 0 radical (unpaired) electrons. The van der Waals surface area contributed by atoms with Gasteiger partial charge in [-0.15, -0.1) is 11.3 Å². The van der Waals surface area contributed by atoms with E-state index in [1.165, 1.54) is 17.4 Å². The van der Waals surface area contributed by atoms with Crippen molar-refractivity contribution in [3.8, 4) is 10.6 Å². The summed E-state index contributed by atoms with van der Waals surface area (Å²) in [7, 11) is 0. The van der Waals surface area contributed by atoms with Crippen LogP contribution in [0.4, 0.5) is 19.3 Å². The van der Waals surface area contributed by atoms with Gasteiger partial charge in [0.2, 0.25) is 0 Å². The van der Waals surface area contributed by atoms with Gasteiger partial charge in [0.15, 0.2) is 11.6 Å². The predicted molar refractivity (Wildman–Crippen MR) is 99.5 cm³/mol. The summed E-state index contributed by atoms with van der Waals surface area (Å²) < 4.78 is 26.1. The number of benzene rings is 2. The van der Waals surface area contributed by atoms with Gasteiger partial charge in [-0.2, -0.15) is 0 Å². The van der Waals surface area contributed by atoms with E-state index >= 15 is 0 Å². The number of anilines is 1. The van der Waals surface area contributed by atoms with Crippen molar-refractivity contribution in [3.63, 3.8) is 0 Å². The van der Waals surface area contributed by atoms with Crippen LogP contribution in [0.25, 0.3) is 10.6 Å². The number of aryl methyl sites for hydroxylation is 1. The van der Waals surface area contributed by atoms with Crippen molar-refractivity contribution in [2.24, 2.45) is 0 Å². The molecule has 134 valence electrons. The molecule has 0 spiro atoms. The van der Waals surface area contributed by atoms with Crippen molar-refractivity contribution in [3.05, 3.63) is 69.7 Å². The maximum absolute atomic E-state index is 13.2. The molecule has 0 aliphatic rings. The molecule has 0 aliphatic heterocycles. The summed E-state index contributed by atoms with van der Waals surface area (Å²) >= 11 is 7.62. The highest BCUT2D eigenvalue weighted by Gasteiger charge is 2.13. The Kier molecular flexibility index (Phi) is 5.49. The third-order valence-electron chi connectivity index (χ3n) is 3.58. The van der Waals surface area contributed by atoms with Crippen molar-refractivity contribution in [2.45, 2.75) is 13.5 Å². The van der Waals surface area contributed by atoms with Crippen LogP contribution in [0.1, 0.15) is 10.6 Å². The molecular formula is C18H14ClF2N3OS. The maximum atomic E-state index is 13.2. The molecule has 2 aromatic carbocycles. The average molecular weight is 394 g/mol. The van der Waals surface area contributed by atoms with Crippen LogP contribution in [0.3, 0.4) is 0 Å². The number of carbonyl (C=O) groups excluding carboxylic acids is 1. The molecular weight excluding hydrogens is 380 g/mol. The van der Waals surface area contributed by atoms with E-state index in [4.69, 9.17) is 11.6 Å². The van der Waals surface area contributed by atoms with Crippen LogP contribution < -0.4 is 10.6 Å². The van der Waals surface area contributed by atoms with Crippen LogP contribution in [0.2, 0.25) is 5.02 Å². The number of nitrogens with one attached hydrogen (secondary N) is 2. The minimum atomic E-state index is -1.02. The van der Waals surface area contributed by atoms with Gasteiger partial charge in [-0.05, 0) is 25.1 Å². The van der Waals surface area contributed by atoms with Gasteiger partial charge in [-0.25, -0.2) is 18.6 Å². The molecule has 2 amide bonds. The molecule has 1 heterocycles. The highest BCUT2D eigenvalue weighted by molar-refractivity contribution is 7.15. The number of halogens is 3. The fourth-order valence-electron chi connectivity index (χ4n) is 2.25. The van der Waals surface area contributed by atoms with E-state index in [1.807, 2.05) is 25.1 Å². The first kappa shape index (κ1) is 18.3. The predicted octanol–water partition coefficient (Wildman–Crippen LogP) is 5.37. The first-order valence-electron chi connectivity index (χ1n) is 7.65. The summed E-state index contributed by atoms with van der Waals surface area (Å²) in [5.41, 5.74) is 1.79. The Morgan fingerprint density at radius 1 is 1.19 bits per heavy atom. The molecule has 1 aromatic heterocycles. The third-order valence-corrected chi connectivity index (χ3v) is 5.10. The SMILES string of the molecule is Cc1nc(-c2ccccc2Cl)sc1CNC(=O)Nc1ccc(F)c(F)c1. The first-order chi connectivity index (χ1) is 12.4. The topological polar surface area (TPSA) is 54.0 Å². The summed E-state index contributed by atoms with van der Waals surface area (Å²) in [5.74, 6) is -1.99. The van der Waals surface area contributed by atoms with Gasteiger partial charge in [0.25, 0.3) is 0 Å². The number of hydrogen-bond acceptors (Lipinski definition) is 3. The number of thiazole rings is 1. The highest BCUT2D eigenvalue weighted by Crippen LogP contribution is 2.32. The van der Waals surface area contributed by atoms with E-state index in [2.05, 4.69) is 15.6 Å². The lowest BCUT2D eigenvalue weighted by Gasteiger charge is -2.07. The largest absolute Gasteiger partial charge is 0.333 e. The second-order valence-corrected chi connectivity index (χ2v) is 6.93. The summed E-state index contributed by atoms with van der Waals surface area (Å²) in [6, 6.07) is 10.0. The molecule has 0 aliphatic carbocycles. The monoisotopic (exact) mass is 393 g/mol. The summed E-state index contributed by atoms with van der Waals surface area (Å²) in [5, 5.41) is 6.50. The lowest BCUT2D eigenvalue weighted by atomic mass is 10.2. The zero-order chi connectivity index (χ0) is 18.7. The highest BCUT2D eigenvalue weighted by atomic mass is 35.5. The number of nitrogens with zero attached hydrogens (tertiary/aromatic N) is 1.